The smallest absolute Gasteiger partial charge is 0.207 e. The summed E-state index contributed by atoms with van der Waals surface area (Å²) in [5, 5.41) is 17.6. The third-order valence-electron chi connectivity index (χ3n) is 2.79. The van der Waals surface area contributed by atoms with E-state index in [1.165, 1.54) is 4.63 Å². The molecule has 0 unspecified atom stereocenters. The molecule has 0 saturated heterocycles. The van der Waals surface area contributed by atoms with E-state index in [1.807, 2.05) is 30.3 Å². The highest BCUT2D eigenvalue weighted by molar-refractivity contribution is 9.10. The zero-order valence-electron chi connectivity index (χ0n) is 8.95. The van der Waals surface area contributed by atoms with Crippen LogP contribution in [-0.2, 0) is 0 Å². The van der Waals surface area contributed by atoms with Crippen LogP contribution < -0.4 is 0 Å². The van der Waals surface area contributed by atoms with Gasteiger partial charge in [0.1, 0.15) is 5.52 Å². The van der Waals surface area contributed by atoms with Crippen LogP contribution in [-0.4, -0.2) is 30.2 Å². The first-order valence-electron chi connectivity index (χ1n) is 5.26. The zero-order valence-corrected chi connectivity index (χ0v) is 10.5. The van der Waals surface area contributed by atoms with Crippen molar-refractivity contribution in [3.05, 3.63) is 34.8 Å². The molecule has 2 aromatic heterocycles. The van der Waals surface area contributed by atoms with Crippen LogP contribution in [0.25, 0.3) is 27.6 Å². The summed E-state index contributed by atoms with van der Waals surface area (Å²) >= 11 is 3.46. The van der Waals surface area contributed by atoms with Gasteiger partial charge in [-0.05, 0) is 34.0 Å². The maximum Gasteiger partial charge on any atom is 0.291 e. The second kappa shape index (κ2) is 3.42. The molecule has 6 nitrogen and oxygen atoms in total. The molecule has 0 amide bonds. The number of fused-ring (bicyclic) bond motifs is 4. The van der Waals surface area contributed by atoms with Gasteiger partial charge in [-0.25, -0.2) is 4.98 Å². The average Bonchev–Trinajstić information content (AvgIpc) is 2.82. The molecule has 0 aliphatic heterocycles. The van der Waals surface area contributed by atoms with Gasteiger partial charge in [-0.3, -0.25) is 0 Å². The minimum Gasteiger partial charge on any atom is -0.207 e. The Morgan fingerprint density at radius 1 is 1.11 bits per heavy atom. The van der Waals surface area contributed by atoms with E-state index in [0.29, 0.717) is 5.78 Å². The largest absolute Gasteiger partial charge is 0.291 e. The molecule has 2 aromatic carbocycles. The predicted molar refractivity (Wildman–Crippen MR) is 69.1 cm³/mol. The fourth-order valence-corrected chi connectivity index (χ4v) is 2.36. The van der Waals surface area contributed by atoms with Gasteiger partial charge in [-0.15, -0.1) is 5.10 Å². The molecule has 0 aliphatic carbocycles. The van der Waals surface area contributed by atoms with Crippen molar-refractivity contribution >= 4 is 43.5 Å². The van der Waals surface area contributed by atoms with Gasteiger partial charge in [0, 0.05) is 9.86 Å². The highest BCUT2D eigenvalue weighted by atomic mass is 79.9. The van der Waals surface area contributed by atoms with Crippen LogP contribution in [0.15, 0.2) is 34.8 Å². The van der Waals surface area contributed by atoms with Gasteiger partial charge in [0.2, 0.25) is 0 Å². The zero-order chi connectivity index (χ0) is 12.1. The summed E-state index contributed by atoms with van der Waals surface area (Å²) in [4.78, 5) is 4.36. The molecule has 0 N–H and O–H groups in total. The summed E-state index contributed by atoms with van der Waals surface area (Å²) in [6.45, 7) is 0. The van der Waals surface area contributed by atoms with Crippen LogP contribution in [0.3, 0.4) is 0 Å². The maximum absolute atomic E-state index is 4.40. The Morgan fingerprint density at radius 2 is 2.06 bits per heavy atom. The lowest BCUT2D eigenvalue weighted by molar-refractivity contribution is 0.741. The van der Waals surface area contributed by atoms with E-state index in [-0.39, 0.29) is 0 Å². The number of hydrogen-bond acceptors (Lipinski definition) is 5. The molecule has 0 spiro atoms. The number of rotatable bonds is 0. The summed E-state index contributed by atoms with van der Waals surface area (Å²) < 4.78 is 2.37. The molecule has 0 aliphatic rings. The summed E-state index contributed by atoms with van der Waals surface area (Å²) in [7, 11) is 0. The molecule has 0 saturated carbocycles. The highest BCUT2D eigenvalue weighted by Crippen LogP contribution is 2.25. The fourth-order valence-electron chi connectivity index (χ4n) is 1.98. The van der Waals surface area contributed by atoms with Crippen molar-refractivity contribution in [2.24, 2.45) is 0 Å². The van der Waals surface area contributed by atoms with Crippen LogP contribution in [0.4, 0.5) is 0 Å². The highest BCUT2D eigenvalue weighted by Gasteiger charge is 2.07. The van der Waals surface area contributed by atoms with E-state index in [9.17, 15) is 0 Å². The Labute approximate surface area is 109 Å². The van der Waals surface area contributed by atoms with Gasteiger partial charge in [0.15, 0.2) is 0 Å². The first-order chi connectivity index (χ1) is 8.81. The van der Waals surface area contributed by atoms with Crippen molar-refractivity contribution in [2.45, 2.75) is 0 Å². The summed E-state index contributed by atoms with van der Waals surface area (Å²) in [5.41, 5.74) is 1.58. The lowest BCUT2D eigenvalue weighted by Crippen LogP contribution is -1.98. The average molecular weight is 301 g/mol. The predicted octanol–water partition coefficient (Wildman–Crippen LogP) is 1.98. The van der Waals surface area contributed by atoms with Crippen molar-refractivity contribution in [3.63, 3.8) is 0 Å². The van der Waals surface area contributed by atoms with Gasteiger partial charge in [-0.1, -0.05) is 37.8 Å². The van der Waals surface area contributed by atoms with Gasteiger partial charge in [-0.2, -0.15) is 0 Å². The van der Waals surface area contributed by atoms with Crippen LogP contribution >= 0.6 is 15.9 Å². The number of tetrazole rings is 1. The molecule has 86 valence electrons. The Balaban J connectivity index is 2.25. The topological polar surface area (TPSA) is 68.9 Å². The fraction of sp³-hybridized carbons (Fsp3) is 0. The summed E-state index contributed by atoms with van der Waals surface area (Å²) in [6.07, 6.45) is 0. The Bertz CT molecular complexity index is 900. The number of nitrogens with zero attached hydrogens (tertiary/aromatic N) is 6. The minimum absolute atomic E-state index is 0.402. The number of aromatic nitrogens is 6. The molecule has 2 heterocycles. The quantitative estimate of drug-likeness (QED) is 0.465. The summed E-state index contributed by atoms with van der Waals surface area (Å²) in [6, 6.07) is 9.96. The van der Waals surface area contributed by atoms with Crippen LogP contribution in [0.1, 0.15) is 0 Å². The normalized spacial score (nSPS) is 11.6. The molecular formula is C11H5BrN6. The van der Waals surface area contributed by atoms with Crippen molar-refractivity contribution in [3.8, 4) is 0 Å². The molecule has 0 atom stereocenters. The molecule has 0 fully saturated rings. The lowest BCUT2D eigenvalue weighted by atomic mass is 10.1. The molecule has 7 heteroatoms. The molecular weight excluding hydrogens is 296 g/mol. The van der Waals surface area contributed by atoms with Gasteiger partial charge >= 0.3 is 0 Å². The number of benzene rings is 2. The van der Waals surface area contributed by atoms with Crippen molar-refractivity contribution < 1.29 is 0 Å². The van der Waals surface area contributed by atoms with E-state index in [4.69, 9.17) is 0 Å². The van der Waals surface area contributed by atoms with Crippen molar-refractivity contribution in [1.82, 2.24) is 30.2 Å². The maximum atomic E-state index is 4.40. The molecule has 0 radical (unpaired) electrons. The van der Waals surface area contributed by atoms with Crippen LogP contribution in [0, 0.1) is 0 Å². The molecule has 18 heavy (non-hydrogen) atoms. The van der Waals surface area contributed by atoms with Crippen LogP contribution in [0.2, 0.25) is 0 Å². The molecule has 0 bridgehead atoms. The SMILES string of the molecule is Brc1ccc2c(ccc3nc4nnnn4nc32)c1. The number of hydrogen-bond donors (Lipinski definition) is 0. The van der Waals surface area contributed by atoms with Crippen molar-refractivity contribution in [2.75, 3.05) is 0 Å². The van der Waals surface area contributed by atoms with Gasteiger partial charge < -0.3 is 0 Å². The lowest BCUT2D eigenvalue weighted by Gasteiger charge is -2.02. The summed E-state index contributed by atoms with van der Waals surface area (Å²) in [5.74, 6) is 0.402. The third kappa shape index (κ3) is 1.31. The van der Waals surface area contributed by atoms with E-state index in [2.05, 4.69) is 41.5 Å². The minimum atomic E-state index is 0.402. The second-order valence-electron chi connectivity index (χ2n) is 3.88. The number of halogens is 1. The van der Waals surface area contributed by atoms with Gasteiger partial charge in [0.05, 0.1) is 5.52 Å². The first kappa shape index (κ1) is 9.84. The van der Waals surface area contributed by atoms with Crippen LogP contribution in [0.5, 0.6) is 0 Å². The Kier molecular flexibility index (Phi) is 1.87. The first-order valence-corrected chi connectivity index (χ1v) is 6.05. The van der Waals surface area contributed by atoms with E-state index in [0.717, 1.165) is 26.3 Å². The molecule has 4 aromatic rings. The standard InChI is InChI=1S/C11H5BrN6/c12-7-2-3-8-6(5-7)1-4-9-10(8)15-18-11(13-9)14-16-17-18/h1-5H. The van der Waals surface area contributed by atoms with E-state index >= 15 is 0 Å². The third-order valence-corrected chi connectivity index (χ3v) is 3.28. The second-order valence-corrected chi connectivity index (χ2v) is 4.79. The van der Waals surface area contributed by atoms with Crippen molar-refractivity contribution in [1.29, 1.82) is 0 Å². The monoisotopic (exact) mass is 300 g/mol. The Morgan fingerprint density at radius 3 is 3.00 bits per heavy atom. The van der Waals surface area contributed by atoms with Gasteiger partial charge in [0.25, 0.3) is 5.78 Å². The Hall–Kier alpha value is -2.15. The van der Waals surface area contributed by atoms with E-state index in [1.54, 1.807) is 0 Å². The van der Waals surface area contributed by atoms with E-state index < -0.39 is 0 Å². The molecule has 4 rings (SSSR count).